The molecule has 0 unspecified atom stereocenters. The van der Waals surface area contributed by atoms with Gasteiger partial charge in [0, 0.05) is 0 Å². The zero-order valence-corrected chi connectivity index (χ0v) is 12.5. The van der Waals surface area contributed by atoms with Crippen LogP contribution in [0.25, 0.3) is 0 Å². The summed E-state index contributed by atoms with van der Waals surface area (Å²) in [6.07, 6.45) is 0. The van der Waals surface area contributed by atoms with Gasteiger partial charge in [0.15, 0.2) is 0 Å². The molecule has 1 radical (unpaired) electrons. The van der Waals surface area contributed by atoms with Crippen LogP contribution in [0.2, 0.25) is 0 Å². The van der Waals surface area contributed by atoms with Gasteiger partial charge in [-0.1, -0.05) is 0 Å². The van der Waals surface area contributed by atoms with E-state index in [0.717, 1.165) is 0 Å². The van der Waals surface area contributed by atoms with Crippen molar-refractivity contribution in [1.82, 2.24) is 0 Å². The molecule has 0 N–H and O–H groups in total. The maximum Gasteiger partial charge on any atom is 2.00 e. The molecule has 0 aromatic rings. The molecule has 2 nitrogen and oxygen atoms in total. The van der Waals surface area contributed by atoms with Crippen molar-refractivity contribution in [2.24, 2.45) is 0 Å². The summed E-state index contributed by atoms with van der Waals surface area (Å²) >= 11 is 0. The Kier molecular flexibility index (Phi) is 371. The SMILES string of the molecule is [Mn+2].[O-2].[O-2].[Tl+].[Tl+]. The second-order valence-electron chi connectivity index (χ2n) is 0. The molecule has 0 aromatic carbocycles. The summed E-state index contributed by atoms with van der Waals surface area (Å²) in [6, 6.07) is 0. The summed E-state index contributed by atoms with van der Waals surface area (Å²) in [6.45, 7) is 0. The van der Waals surface area contributed by atoms with E-state index in [-0.39, 0.29) is 82.6 Å². The Morgan fingerprint density at radius 1 is 0.600 bits per heavy atom. The predicted molar refractivity (Wildman–Crippen MR) is 12.9 cm³/mol. The van der Waals surface area contributed by atoms with Gasteiger partial charge in [-0.25, -0.2) is 0 Å². The molecule has 0 aliphatic carbocycles. The first-order valence-electron chi connectivity index (χ1n) is 0. The van der Waals surface area contributed by atoms with Gasteiger partial charge in [-0.05, 0) is 0 Å². The minimum absolute atomic E-state index is 0. The second-order valence-corrected chi connectivity index (χ2v) is 0. The monoisotopic (exact) mass is 497 g/mol. The summed E-state index contributed by atoms with van der Waals surface area (Å²) in [4.78, 5) is 0. The van der Waals surface area contributed by atoms with E-state index in [2.05, 4.69) is 0 Å². The summed E-state index contributed by atoms with van der Waals surface area (Å²) < 4.78 is 0. The largest absolute Gasteiger partial charge is 2.00 e. The molecule has 0 bridgehead atoms. The fourth-order valence-corrected chi connectivity index (χ4v) is 0. The molecule has 0 spiro atoms. The quantitative estimate of drug-likeness (QED) is 0.387. The van der Waals surface area contributed by atoms with Crippen LogP contribution in [0.3, 0.4) is 0 Å². The van der Waals surface area contributed by atoms with E-state index >= 15 is 0 Å². The van der Waals surface area contributed by atoms with Gasteiger partial charge in [-0.3, -0.25) is 0 Å². The fourth-order valence-electron chi connectivity index (χ4n) is 0. The Labute approximate surface area is 81.5 Å². The molecule has 0 saturated heterocycles. The van der Waals surface area contributed by atoms with Crippen LogP contribution in [0.15, 0.2) is 0 Å². The third-order valence-electron chi connectivity index (χ3n) is 0. The third-order valence-corrected chi connectivity index (χ3v) is 0. The fraction of sp³-hybridized carbons (Fsp3) is 0. The molecule has 25 valence electrons. The van der Waals surface area contributed by atoms with Crippen LogP contribution in [-0.2, 0) is 28.0 Å². The van der Waals surface area contributed by atoms with Crippen LogP contribution in [0.1, 0.15) is 0 Å². The smallest absolute Gasteiger partial charge is 2.00 e. The molecule has 0 aromatic heterocycles. The van der Waals surface area contributed by atoms with Crippen molar-refractivity contribution in [3.63, 3.8) is 0 Å². The second kappa shape index (κ2) is 33.6. The van der Waals surface area contributed by atoms with Crippen molar-refractivity contribution < 1.29 is 28.0 Å². The summed E-state index contributed by atoms with van der Waals surface area (Å²) in [5, 5.41) is 0. The molecule has 0 aliphatic rings. The minimum Gasteiger partial charge on any atom is -2.00 e. The molecule has 0 aliphatic heterocycles. The van der Waals surface area contributed by atoms with Crippen molar-refractivity contribution in [3.8, 4) is 0 Å². The molecule has 0 heterocycles. The van der Waals surface area contributed by atoms with Crippen molar-refractivity contribution in [3.05, 3.63) is 0 Å². The predicted octanol–water partition coefficient (Wildman–Crippen LogP) is -1.00. The molecule has 0 atom stereocenters. The van der Waals surface area contributed by atoms with Gasteiger partial charge in [-0.15, -0.1) is 0 Å². The van der Waals surface area contributed by atoms with Gasteiger partial charge in [-0.2, -0.15) is 0 Å². The maximum atomic E-state index is 0. The van der Waals surface area contributed by atoms with E-state index in [9.17, 15) is 0 Å². The molecule has 5 heavy (non-hydrogen) atoms. The Bertz CT molecular complexity index is 7.61. The molecular weight excluding hydrogens is 496 g/mol. The van der Waals surface area contributed by atoms with Crippen LogP contribution < -0.4 is 0 Å². The van der Waals surface area contributed by atoms with Crippen molar-refractivity contribution in [2.75, 3.05) is 0 Å². The molecule has 0 rings (SSSR count). The van der Waals surface area contributed by atoms with E-state index < -0.39 is 0 Å². The van der Waals surface area contributed by atoms with Crippen LogP contribution in [0, 0.1) is 0 Å². The van der Waals surface area contributed by atoms with E-state index in [0.29, 0.717) is 0 Å². The summed E-state index contributed by atoms with van der Waals surface area (Å²) in [7, 11) is 0. The third kappa shape index (κ3) is 22.1. The van der Waals surface area contributed by atoms with Crippen LogP contribution >= 0.6 is 0 Å². The maximum absolute atomic E-state index is 0. The Balaban J connectivity index is 0. The average Bonchev–Trinajstić information content (AvgIpc) is 0. The summed E-state index contributed by atoms with van der Waals surface area (Å²) in [5.41, 5.74) is 0. The molecule has 5 heteroatoms. The van der Waals surface area contributed by atoms with Gasteiger partial charge in [0.25, 0.3) is 0 Å². The normalized spacial score (nSPS) is 0. The van der Waals surface area contributed by atoms with Crippen molar-refractivity contribution >= 4 is 54.6 Å². The minimum atomic E-state index is 0. The van der Waals surface area contributed by atoms with E-state index in [1.807, 2.05) is 0 Å². The van der Waals surface area contributed by atoms with Gasteiger partial charge in [0.2, 0.25) is 0 Å². The van der Waals surface area contributed by atoms with Crippen LogP contribution in [-0.4, -0.2) is 54.6 Å². The van der Waals surface area contributed by atoms with Crippen LogP contribution in [0.5, 0.6) is 0 Å². The molecule has 0 saturated carbocycles. The van der Waals surface area contributed by atoms with E-state index in [1.165, 1.54) is 0 Å². The summed E-state index contributed by atoms with van der Waals surface area (Å²) in [5.74, 6) is 0. The zero-order chi connectivity index (χ0) is 0. The molecule has 0 fully saturated rings. The van der Waals surface area contributed by atoms with Crippen molar-refractivity contribution in [2.45, 2.75) is 0 Å². The zero-order valence-electron chi connectivity index (χ0n) is 2.35. The Morgan fingerprint density at radius 3 is 0.600 bits per heavy atom. The van der Waals surface area contributed by atoms with E-state index in [4.69, 9.17) is 0 Å². The number of rotatable bonds is 0. The first-order valence-corrected chi connectivity index (χ1v) is 0. The van der Waals surface area contributed by atoms with Gasteiger partial charge in [0.05, 0.1) is 0 Å². The van der Waals surface area contributed by atoms with Gasteiger partial charge in [0.1, 0.15) is 0 Å². The Hall–Kier alpha value is 2.28. The Morgan fingerprint density at radius 2 is 0.600 bits per heavy atom. The van der Waals surface area contributed by atoms with Gasteiger partial charge < -0.3 is 11.0 Å². The van der Waals surface area contributed by atoms with Gasteiger partial charge >= 0.3 is 71.7 Å². The first kappa shape index (κ1) is 55.1. The van der Waals surface area contributed by atoms with E-state index in [1.54, 1.807) is 0 Å². The van der Waals surface area contributed by atoms with Crippen LogP contribution in [0.4, 0.5) is 0 Å². The molecule has 0 amide bonds. The molecular formula is MnO2Tl2. The topological polar surface area (TPSA) is 57.0 Å². The standard InChI is InChI=1S/Mn.2O.2Tl/q+2;2*-2;2*+1. The number of hydrogen-bond donors (Lipinski definition) is 0. The first-order chi connectivity index (χ1) is 0. The van der Waals surface area contributed by atoms with Crippen molar-refractivity contribution in [1.29, 1.82) is 0 Å². The average molecular weight is 496 g/mol. The number of hydrogen-bond acceptors (Lipinski definition) is 0.